The highest BCUT2D eigenvalue weighted by molar-refractivity contribution is 14.1. The Labute approximate surface area is 91.3 Å². The van der Waals surface area contributed by atoms with Crippen molar-refractivity contribution in [1.29, 1.82) is 0 Å². The van der Waals surface area contributed by atoms with Crippen molar-refractivity contribution in [3.05, 3.63) is 27.2 Å². The quantitative estimate of drug-likeness (QED) is 0.792. The lowest BCUT2D eigenvalue weighted by Crippen LogP contribution is -1.97. The molecule has 0 atom stereocenters. The number of aromatic carboxylic acids is 1. The summed E-state index contributed by atoms with van der Waals surface area (Å²) >= 11 is 1.90. The van der Waals surface area contributed by atoms with Gasteiger partial charge in [-0.15, -0.1) is 0 Å². The van der Waals surface area contributed by atoms with Gasteiger partial charge in [-0.05, 0) is 34.7 Å². The van der Waals surface area contributed by atoms with Crippen LogP contribution in [0.25, 0.3) is 10.9 Å². The summed E-state index contributed by atoms with van der Waals surface area (Å²) in [7, 11) is 0. The highest BCUT2D eigenvalue weighted by Gasteiger charge is 2.13. The van der Waals surface area contributed by atoms with Crippen molar-refractivity contribution in [3.63, 3.8) is 0 Å². The van der Waals surface area contributed by atoms with Crippen molar-refractivity contribution in [2.24, 2.45) is 0 Å². The van der Waals surface area contributed by atoms with E-state index in [4.69, 9.17) is 5.11 Å². The van der Waals surface area contributed by atoms with Crippen molar-refractivity contribution < 1.29 is 14.3 Å². The van der Waals surface area contributed by atoms with Crippen molar-refractivity contribution in [2.45, 2.75) is 0 Å². The Balaban J connectivity index is 2.80. The van der Waals surface area contributed by atoms with E-state index in [1.807, 2.05) is 22.6 Å². The molecule has 0 unspecified atom stereocenters. The molecule has 2 rings (SSSR count). The van der Waals surface area contributed by atoms with Crippen molar-refractivity contribution >= 4 is 39.5 Å². The molecule has 4 nitrogen and oxygen atoms in total. The van der Waals surface area contributed by atoms with E-state index < -0.39 is 11.8 Å². The molecule has 0 saturated heterocycles. The number of halogens is 2. The number of hydrogen-bond acceptors (Lipinski definition) is 2. The molecule has 0 spiro atoms. The fourth-order valence-electron chi connectivity index (χ4n) is 1.19. The maximum absolute atomic E-state index is 13.4. The number of aromatic nitrogens is 2. The van der Waals surface area contributed by atoms with Gasteiger partial charge in [0.1, 0.15) is 9.52 Å². The second kappa shape index (κ2) is 3.19. The Bertz CT molecular complexity index is 523. The normalized spacial score (nSPS) is 10.7. The van der Waals surface area contributed by atoms with Gasteiger partial charge in [0.05, 0.1) is 16.5 Å². The zero-order valence-electron chi connectivity index (χ0n) is 6.71. The Morgan fingerprint density at radius 3 is 2.93 bits per heavy atom. The van der Waals surface area contributed by atoms with Gasteiger partial charge in [0, 0.05) is 0 Å². The van der Waals surface area contributed by atoms with E-state index >= 15 is 0 Å². The minimum Gasteiger partial charge on any atom is -0.478 e. The molecule has 0 aliphatic carbocycles. The third kappa shape index (κ3) is 1.35. The summed E-state index contributed by atoms with van der Waals surface area (Å²) in [5.74, 6) is -1.73. The molecule has 0 saturated carbocycles. The standard InChI is InChI=1S/C8H4FIN2O2/c9-4-1-3(8(13)14)2-5-6(4)7(10)12-11-5/h1-2H,(H,11,12)(H,13,14). The summed E-state index contributed by atoms with van der Waals surface area (Å²) in [5, 5.41) is 15.4. The lowest BCUT2D eigenvalue weighted by atomic mass is 10.1. The molecule has 0 aliphatic heterocycles. The van der Waals surface area contributed by atoms with E-state index in [1.54, 1.807) is 0 Å². The Hall–Kier alpha value is -1.18. The van der Waals surface area contributed by atoms with Crippen LogP contribution < -0.4 is 0 Å². The zero-order valence-corrected chi connectivity index (χ0v) is 8.87. The highest BCUT2D eigenvalue weighted by atomic mass is 127. The van der Waals surface area contributed by atoms with Crippen molar-refractivity contribution in [1.82, 2.24) is 10.2 Å². The molecule has 0 aliphatic rings. The molecule has 1 heterocycles. The van der Waals surface area contributed by atoms with Crippen molar-refractivity contribution in [2.75, 3.05) is 0 Å². The van der Waals surface area contributed by atoms with Crippen LogP contribution in [-0.4, -0.2) is 21.3 Å². The zero-order chi connectivity index (χ0) is 10.3. The average molecular weight is 306 g/mol. The Morgan fingerprint density at radius 1 is 1.57 bits per heavy atom. The smallest absolute Gasteiger partial charge is 0.335 e. The first-order valence-electron chi connectivity index (χ1n) is 3.66. The topological polar surface area (TPSA) is 66.0 Å². The molecule has 0 radical (unpaired) electrons. The van der Waals surface area contributed by atoms with Gasteiger partial charge in [0.25, 0.3) is 0 Å². The summed E-state index contributed by atoms with van der Waals surface area (Å²) < 4.78 is 13.9. The molecule has 72 valence electrons. The van der Waals surface area contributed by atoms with Gasteiger partial charge in [-0.2, -0.15) is 5.10 Å². The van der Waals surface area contributed by atoms with Gasteiger partial charge >= 0.3 is 5.97 Å². The Morgan fingerprint density at radius 2 is 2.29 bits per heavy atom. The third-order valence-electron chi connectivity index (χ3n) is 1.81. The van der Waals surface area contributed by atoms with Gasteiger partial charge in [-0.1, -0.05) is 0 Å². The number of benzene rings is 1. The average Bonchev–Trinajstić information content (AvgIpc) is 2.48. The number of nitrogens with one attached hydrogen (secondary N) is 1. The van der Waals surface area contributed by atoms with Gasteiger partial charge in [-0.3, -0.25) is 5.10 Å². The van der Waals surface area contributed by atoms with Crippen LogP contribution in [0.5, 0.6) is 0 Å². The van der Waals surface area contributed by atoms with Crippen LogP contribution in [0.3, 0.4) is 0 Å². The van der Waals surface area contributed by atoms with E-state index in [1.165, 1.54) is 6.07 Å². The number of H-pyrrole nitrogens is 1. The molecule has 0 bridgehead atoms. The van der Waals surface area contributed by atoms with E-state index in [0.29, 0.717) is 14.6 Å². The molecule has 0 fully saturated rings. The molecule has 1 aromatic carbocycles. The van der Waals surface area contributed by atoms with Crippen LogP contribution in [0.4, 0.5) is 4.39 Å². The van der Waals surface area contributed by atoms with Gasteiger partial charge in [0.2, 0.25) is 0 Å². The number of nitrogens with zero attached hydrogens (tertiary/aromatic N) is 1. The first-order valence-corrected chi connectivity index (χ1v) is 4.74. The SMILES string of the molecule is O=C(O)c1cc(F)c2c(I)[nH]nc2c1. The van der Waals surface area contributed by atoms with Crippen LogP contribution >= 0.6 is 22.6 Å². The molecule has 0 amide bonds. The highest BCUT2D eigenvalue weighted by Crippen LogP contribution is 2.22. The number of carboxylic acid groups (broad SMARTS) is 1. The number of carboxylic acids is 1. The number of fused-ring (bicyclic) bond motifs is 1. The van der Waals surface area contributed by atoms with Crippen LogP contribution in [0.15, 0.2) is 12.1 Å². The minimum absolute atomic E-state index is 0.0992. The van der Waals surface area contributed by atoms with E-state index in [9.17, 15) is 9.18 Å². The van der Waals surface area contributed by atoms with Crippen molar-refractivity contribution in [3.8, 4) is 0 Å². The van der Waals surface area contributed by atoms with Crippen LogP contribution in [-0.2, 0) is 0 Å². The number of aromatic amines is 1. The predicted molar refractivity (Wildman–Crippen MR) is 55.7 cm³/mol. The number of rotatable bonds is 1. The van der Waals surface area contributed by atoms with E-state index in [0.717, 1.165) is 6.07 Å². The fourth-order valence-corrected chi connectivity index (χ4v) is 1.84. The first kappa shape index (κ1) is 9.38. The second-order valence-corrected chi connectivity index (χ2v) is 3.77. The predicted octanol–water partition coefficient (Wildman–Crippen LogP) is 2.00. The molecule has 14 heavy (non-hydrogen) atoms. The molecular weight excluding hydrogens is 302 g/mol. The minimum atomic E-state index is -1.16. The summed E-state index contributed by atoms with van der Waals surface area (Å²) in [5.41, 5.74) is 0.227. The lowest BCUT2D eigenvalue weighted by molar-refractivity contribution is 0.0696. The number of hydrogen-bond donors (Lipinski definition) is 2. The van der Waals surface area contributed by atoms with E-state index in [-0.39, 0.29) is 5.56 Å². The van der Waals surface area contributed by atoms with Crippen LogP contribution in [0.2, 0.25) is 0 Å². The van der Waals surface area contributed by atoms with Crippen LogP contribution in [0, 0.1) is 9.52 Å². The monoisotopic (exact) mass is 306 g/mol. The van der Waals surface area contributed by atoms with Crippen LogP contribution in [0.1, 0.15) is 10.4 Å². The maximum atomic E-state index is 13.4. The summed E-state index contributed by atoms with van der Waals surface area (Å²) in [4.78, 5) is 10.6. The summed E-state index contributed by atoms with van der Waals surface area (Å²) in [6, 6.07) is 2.32. The van der Waals surface area contributed by atoms with Gasteiger partial charge in [0.15, 0.2) is 0 Å². The van der Waals surface area contributed by atoms with E-state index in [2.05, 4.69) is 10.2 Å². The largest absolute Gasteiger partial charge is 0.478 e. The molecule has 6 heteroatoms. The molecular formula is C8H4FIN2O2. The second-order valence-electron chi connectivity index (χ2n) is 2.69. The fraction of sp³-hybridized carbons (Fsp3) is 0. The lowest BCUT2D eigenvalue weighted by Gasteiger charge is -1.95. The van der Waals surface area contributed by atoms with Gasteiger partial charge < -0.3 is 5.11 Å². The maximum Gasteiger partial charge on any atom is 0.335 e. The number of carbonyl (C=O) groups is 1. The first-order chi connectivity index (χ1) is 6.59. The molecule has 2 N–H and O–H groups in total. The molecule has 2 aromatic rings. The summed E-state index contributed by atoms with van der Waals surface area (Å²) in [6.07, 6.45) is 0. The Kier molecular flexibility index (Phi) is 2.14. The third-order valence-corrected chi connectivity index (χ3v) is 2.59. The summed E-state index contributed by atoms with van der Waals surface area (Å²) in [6.45, 7) is 0. The molecule has 1 aromatic heterocycles. The van der Waals surface area contributed by atoms with Gasteiger partial charge in [-0.25, -0.2) is 9.18 Å².